The zero-order valence-electron chi connectivity index (χ0n) is 16.4. The number of amides is 2. The molecule has 1 unspecified atom stereocenters. The fraction of sp³-hybridized carbons (Fsp3) is 0.353. The van der Waals surface area contributed by atoms with E-state index in [-0.39, 0.29) is 17.7 Å². The number of aromatic carboxylic acids is 1. The Labute approximate surface area is 193 Å². The van der Waals surface area contributed by atoms with Crippen molar-refractivity contribution in [3.05, 3.63) is 33.2 Å². The molecule has 2 atom stereocenters. The molecule has 2 aliphatic heterocycles. The maximum atomic E-state index is 12.7. The van der Waals surface area contributed by atoms with E-state index >= 15 is 0 Å². The second-order valence-corrected chi connectivity index (χ2v) is 9.87. The van der Waals surface area contributed by atoms with E-state index in [4.69, 9.17) is 5.11 Å². The van der Waals surface area contributed by atoms with Gasteiger partial charge in [0, 0.05) is 23.4 Å². The van der Waals surface area contributed by atoms with Crippen LogP contribution in [-0.2, 0) is 27.9 Å². The van der Waals surface area contributed by atoms with Gasteiger partial charge in [-0.05, 0) is 27.4 Å². The van der Waals surface area contributed by atoms with E-state index < -0.39 is 35.2 Å². The molecule has 1 fully saturated rings. The third-order valence-electron chi connectivity index (χ3n) is 4.82. The Hall–Kier alpha value is -2.91. The van der Waals surface area contributed by atoms with Crippen molar-refractivity contribution in [3.8, 4) is 0 Å². The summed E-state index contributed by atoms with van der Waals surface area (Å²) >= 11 is 3.77. The van der Waals surface area contributed by atoms with Crippen LogP contribution in [0.1, 0.15) is 15.2 Å². The number of aromatic nitrogens is 4. The highest BCUT2D eigenvalue weighted by atomic mass is 32.2. The van der Waals surface area contributed by atoms with Crippen molar-refractivity contribution in [2.45, 2.75) is 23.0 Å². The SMILES string of the molecule is Cn1nnnc1SCC1=C(C(=O)O)N2C(=O)C(NC(=O)Cc3sccc3C(=O)O)[C@H]2SC1. The Morgan fingerprint density at radius 2 is 2.09 bits per heavy atom. The molecule has 1 saturated heterocycles. The quantitative estimate of drug-likeness (QED) is 0.333. The number of thioether (sulfide) groups is 2. The largest absolute Gasteiger partial charge is 0.478 e. The lowest BCUT2D eigenvalue weighted by atomic mass is 10.0. The van der Waals surface area contributed by atoms with Crippen LogP contribution < -0.4 is 5.32 Å². The first kappa shape index (κ1) is 22.3. The minimum absolute atomic E-state index is 0.0510. The highest BCUT2D eigenvalue weighted by Crippen LogP contribution is 2.41. The first-order valence-corrected chi connectivity index (χ1v) is 12.0. The van der Waals surface area contributed by atoms with Gasteiger partial charge in [-0.3, -0.25) is 14.5 Å². The zero-order chi connectivity index (χ0) is 23.0. The minimum Gasteiger partial charge on any atom is -0.478 e. The van der Waals surface area contributed by atoms with Crippen LogP contribution in [0.2, 0.25) is 0 Å². The Morgan fingerprint density at radius 3 is 2.75 bits per heavy atom. The van der Waals surface area contributed by atoms with Crippen molar-refractivity contribution in [2.75, 3.05) is 11.5 Å². The molecule has 2 aromatic heterocycles. The average Bonchev–Trinajstić information content (AvgIpc) is 3.38. The molecule has 2 aromatic rings. The lowest BCUT2D eigenvalue weighted by Crippen LogP contribution is -2.70. The summed E-state index contributed by atoms with van der Waals surface area (Å²) in [5, 5.41) is 34.2. The highest BCUT2D eigenvalue weighted by Gasteiger charge is 2.54. The van der Waals surface area contributed by atoms with Gasteiger partial charge in [-0.15, -0.1) is 28.2 Å². The van der Waals surface area contributed by atoms with Gasteiger partial charge in [0.05, 0.1) is 12.0 Å². The van der Waals surface area contributed by atoms with Crippen LogP contribution >= 0.6 is 34.9 Å². The van der Waals surface area contributed by atoms with E-state index in [0.29, 0.717) is 27.1 Å². The average molecular weight is 497 g/mol. The Morgan fingerprint density at radius 1 is 1.31 bits per heavy atom. The molecule has 168 valence electrons. The third kappa shape index (κ3) is 4.10. The van der Waals surface area contributed by atoms with E-state index in [1.54, 1.807) is 12.4 Å². The first-order valence-electron chi connectivity index (χ1n) is 9.12. The van der Waals surface area contributed by atoms with Crippen molar-refractivity contribution in [2.24, 2.45) is 7.05 Å². The number of β-lactam (4-membered cyclic amide) rings is 1. The van der Waals surface area contributed by atoms with Gasteiger partial charge in [0.1, 0.15) is 17.1 Å². The lowest BCUT2D eigenvalue weighted by molar-refractivity contribution is -0.150. The molecule has 4 rings (SSSR count). The van der Waals surface area contributed by atoms with Crippen molar-refractivity contribution in [3.63, 3.8) is 0 Å². The number of fused-ring (bicyclic) bond motifs is 1. The van der Waals surface area contributed by atoms with Crippen molar-refractivity contribution in [1.82, 2.24) is 30.4 Å². The second-order valence-electron chi connectivity index (χ2n) is 6.83. The van der Waals surface area contributed by atoms with Crippen LogP contribution in [0.4, 0.5) is 0 Å². The predicted molar refractivity (Wildman–Crippen MR) is 114 cm³/mol. The van der Waals surface area contributed by atoms with Gasteiger partial charge in [-0.1, -0.05) is 11.8 Å². The summed E-state index contributed by atoms with van der Waals surface area (Å²) in [7, 11) is 1.67. The van der Waals surface area contributed by atoms with Gasteiger partial charge < -0.3 is 15.5 Å². The Kier molecular flexibility index (Phi) is 6.21. The summed E-state index contributed by atoms with van der Waals surface area (Å²) in [5.74, 6) is -2.68. The number of aliphatic carboxylic acids is 1. The highest BCUT2D eigenvalue weighted by molar-refractivity contribution is 8.01. The Balaban J connectivity index is 1.44. The van der Waals surface area contributed by atoms with Gasteiger partial charge in [0.25, 0.3) is 5.91 Å². The molecule has 32 heavy (non-hydrogen) atoms. The molecule has 0 aliphatic carbocycles. The number of hydrogen-bond acceptors (Lipinski definition) is 10. The molecular weight excluding hydrogens is 480 g/mol. The third-order valence-corrected chi connectivity index (χ3v) is 8.18. The topological polar surface area (TPSA) is 168 Å². The summed E-state index contributed by atoms with van der Waals surface area (Å²) in [6, 6.07) is 0.552. The van der Waals surface area contributed by atoms with Crippen LogP contribution in [0.15, 0.2) is 27.9 Å². The number of carbonyl (C=O) groups is 4. The number of nitrogens with one attached hydrogen (secondary N) is 1. The van der Waals surface area contributed by atoms with Gasteiger partial charge in [-0.2, -0.15) is 0 Å². The van der Waals surface area contributed by atoms with Gasteiger partial charge >= 0.3 is 11.9 Å². The number of aryl methyl sites for hydroxylation is 1. The summed E-state index contributed by atoms with van der Waals surface area (Å²) in [5.41, 5.74) is 0.531. The molecule has 0 saturated carbocycles. The number of carboxylic acid groups (broad SMARTS) is 2. The number of rotatable bonds is 8. The van der Waals surface area contributed by atoms with Crippen molar-refractivity contribution >= 4 is 58.6 Å². The fourth-order valence-electron chi connectivity index (χ4n) is 3.33. The molecule has 0 bridgehead atoms. The molecule has 4 heterocycles. The van der Waals surface area contributed by atoms with E-state index in [1.807, 2.05) is 0 Å². The van der Waals surface area contributed by atoms with Crippen LogP contribution in [-0.4, -0.2) is 82.0 Å². The van der Waals surface area contributed by atoms with Crippen LogP contribution in [0.25, 0.3) is 0 Å². The zero-order valence-corrected chi connectivity index (χ0v) is 18.9. The van der Waals surface area contributed by atoms with E-state index in [9.17, 15) is 24.3 Å². The number of nitrogens with zero attached hydrogens (tertiary/aromatic N) is 5. The maximum absolute atomic E-state index is 12.7. The number of thiophene rings is 1. The molecule has 0 aromatic carbocycles. The maximum Gasteiger partial charge on any atom is 0.352 e. The summed E-state index contributed by atoms with van der Waals surface area (Å²) in [6.45, 7) is 0. The molecule has 3 N–H and O–H groups in total. The second kappa shape index (κ2) is 8.91. The smallest absolute Gasteiger partial charge is 0.352 e. The number of hydrogen-bond donors (Lipinski definition) is 3. The summed E-state index contributed by atoms with van der Waals surface area (Å²) in [6.07, 6.45) is -0.171. The minimum atomic E-state index is -1.22. The molecule has 0 radical (unpaired) electrons. The molecule has 15 heteroatoms. The van der Waals surface area contributed by atoms with Gasteiger partial charge in [0.15, 0.2) is 0 Å². The van der Waals surface area contributed by atoms with Crippen molar-refractivity contribution < 1.29 is 29.4 Å². The summed E-state index contributed by atoms with van der Waals surface area (Å²) < 4.78 is 1.47. The van der Waals surface area contributed by atoms with Crippen LogP contribution in [0, 0.1) is 0 Å². The molecule has 2 amide bonds. The van der Waals surface area contributed by atoms with E-state index in [0.717, 1.165) is 11.3 Å². The standard InChI is InChI=1S/C17H16N6O6S3/c1-22-17(19-20-21-22)32-6-7-5-31-14-11(13(25)23(14)12(7)16(28)29)18-10(24)4-9-8(15(26)27)2-3-30-9/h2-3,11,14H,4-6H2,1H3,(H,18,24)(H,26,27)(H,28,29)/t11?,14-/m1/s1. The Bertz CT molecular complexity index is 1140. The first-order chi connectivity index (χ1) is 15.3. The monoisotopic (exact) mass is 496 g/mol. The van der Waals surface area contributed by atoms with E-state index in [1.165, 1.54) is 39.2 Å². The summed E-state index contributed by atoms with van der Waals surface area (Å²) in [4.78, 5) is 49.8. The number of carboxylic acids is 2. The van der Waals surface area contributed by atoms with Gasteiger partial charge in [-0.25, -0.2) is 14.3 Å². The number of carbonyl (C=O) groups excluding carboxylic acids is 2. The molecule has 0 spiro atoms. The normalized spacial score (nSPS) is 20.0. The molecule has 2 aliphatic rings. The predicted octanol–water partition coefficient (Wildman–Crippen LogP) is 0.0432. The van der Waals surface area contributed by atoms with Gasteiger partial charge in [0.2, 0.25) is 11.1 Å². The van der Waals surface area contributed by atoms with Crippen LogP contribution in [0.5, 0.6) is 0 Å². The van der Waals surface area contributed by atoms with Crippen LogP contribution in [0.3, 0.4) is 0 Å². The van der Waals surface area contributed by atoms with Crippen molar-refractivity contribution in [1.29, 1.82) is 0 Å². The lowest BCUT2D eigenvalue weighted by Gasteiger charge is -2.49. The fourth-order valence-corrected chi connectivity index (χ4v) is 6.53. The molecule has 12 nitrogen and oxygen atoms in total. The number of tetrazole rings is 1. The molecular formula is C17H16N6O6S3. The van der Waals surface area contributed by atoms with E-state index in [2.05, 4.69) is 20.8 Å².